The normalized spacial score (nSPS) is 17.2. The fraction of sp³-hybridized carbons (Fsp3) is 0.222. The lowest BCUT2D eigenvalue weighted by atomic mass is 10.2. The number of carbonyl (C=O) groups is 1. The molecule has 1 unspecified atom stereocenters. The highest BCUT2D eigenvalue weighted by atomic mass is 35.5. The second kappa shape index (κ2) is 6.64. The number of rotatable bonds is 4. The molecule has 0 saturated carbocycles. The van der Waals surface area contributed by atoms with Gasteiger partial charge < -0.3 is 9.42 Å². The Morgan fingerprint density at radius 3 is 2.84 bits per heavy atom. The molecule has 0 bridgehead atoms. The number of halogens is 1. The molecule has 6 nitrogen and oxygen atoms in total. The molecule has 25 heavy (non-hydrogen) atoms. The number of pyridine rings is 1. The fourth-order valence-electron chi connectivity index (χ4n) is 2.96. The largest absolute Gasteiger partial charge is 0.337 e. The van der Waals surface area contributed by atoms with Gasteiger partial charge in [-0.05, 0) is 36.2 Å². The maximum absolute atomic E-state index is 12.3. The van der Waals surface area contributed by atoms with E-state index in [9.17, 15) is 4.79 Å². The Labute approximate surface area is 149 Å². The number of aromatic nitrogens is 3. The highest BCUT2D eigenvalue weighted by Gasteiger charge is 2.36. The lowest BCUT2D eigenvalue weighted by Gasteiger charge is -2.22. The quantitative estimate of drug-likeness (QED) is 0.715. The summed E-state index contributed by atoms with van der Waals surface area (Å²) in [6, 6.07) is 10.9. The minimum atomic E-state index is -0.207. The van der Waals surface area contributed by atoms with Gasteiger partial charge in [0, 0.05) is 35.9 Å². The average Bonchev–Trinajstić information content (AvgIpc) is 3.25. The molecule has 3 aromatic rings. The molecule has 1 atom stereocenters. The first-order valence-corrected chi connectivity index (χ1v) is 8.36. The van der Waals surface area contributed by atoms with Gasteiger partial charge in [0.15, 0.2) is 0 Å². The van der Waals surface area contributed by atoms with Crippen LogP contribution in [0.3, 0.4) is 0 Å². The molecular weight excluding hydrogens is 340 g/mol. The Morgan fingerprint density at radius 2 is 2.08 bits per heavy atom. The standard InChI is InChI=1S/C18H15ClN4O2/c19-14-5-3-12(4-6-14)11-23-15(7-8-16(23)24)18-21-17(22-25-18)13-2-1-9-20-10-13/h1-6,9-10,15H,7-8,11H2. The third-order valence-corrected chi connectivity index (χ3v) is 4.49. The van der Waals surface area contributed by atoms with Crippen molar-refractivity contribution < 1.29 is 9.32 Å². The van der Waals surface area contributed by atoms with Gasteiger partial charge in [-0.15, -0.1) is 0 Å². The van der Waals surface area contributed by atoms with Crippen molar-refractivity contribution in [3.63, 3.8) is 0 Å². The van der Waals surface area contributed by atoms with E-state index in [2.05, 4.69) is 15.1 Å². The van der Waals surface area contributed by atoms with Crippen LogP contribution in [0.5, 0.6) is 0 Å². The number of hydrogen-bond acceptors (Lipinski definition) is 5. The Kier molecular flexibility index (Phi) is 4.19. The van der Waals surface area contributed by atoms with Gasteiger partial charge >= 0.3 is 0 Å². The van der Waals surface area contributed by atoms with E-state index < -0.39 is 0 Å². The van der Waals surface area contributed by atoms with Crippen LogP contribution in [-0.4, -0.2) is 25.9 Å². The number of carbonyl (C=O) groups excluding carboxylic acids is 1. The predicted molar refractivity (Wildman–Crippen MR) is 91.5 cm³/mol. The number of amides is 1. The Balaban J connectivity index is 1.57. The molecule has 1 aliphatic rings. The van der Waals surface area contributed by atoms with Crippen LogP contribution in [0.15, 0.2) is 53.3 Å². The van der Waals surface area contributed by atoms with Crippen LogP contribution in [0.1, 0.15) is 30.3 Å². The summed E-state index contributed by atoms with van der Waals surface area (Å²) >= 11 is 5.92. The minimum Gasteiger partial charge on any atom is -0.337 e. The van der Waals surface area contributed by atoms with Gasteiger partial charge in [0.25, 0.3) is 0 Å². The van der Waals surface area contributed by atoms with Crippen molar-refractivity contribution >= 4 is 17.5 Å². The lowest BCUT2D eigenvalue weighted by Crippen LogP contribution is -2.27. The highest BCUT2D eigenvalue weighted by molar-refractivity contribution is 6.30. The Morgan fingerprint density at radius 1 is 1.24 bits per heavy atom. The number of nitrogens with zero attached hydrogens (tertiary/aromatic N) is 4. The summed E-state index contributed by atoms with van der Waals surface area (Å²) in [7, 11) is 0. The zero-order chi connectivity index (χ0) is 17.2. The maximum Gasteiger partial charge on any atom is 0.249 e. The Hall–Kier alpha value is -2.73. The van der Waals surface area contributed by atoms with Crippen molar-refractivity contribution in [3.05, 3.63) is 65.3 Å². The smallest absolute Gasteiger partial charge is 0.249 e. The van der Waals surface area contributed by atoms with E-state index in [4.69, 9.17) is 16.1 Å². The molecule has 1 amide bonds. The van der Waals surface area contributed by atoms with E-state index >= 15 is 0 Å². The van der Waals surface area contributed by atoms with Crippen LogP contribution in [0.4, 0.5) is 0 Å². The lowest BCUT2D eigenvalue weighted by molar-refractivity contribution is -0.129. The molecule has 4 rings (SSSR count). The van der Waals surface area contributed by atoms with Crippen LogP contribution in [0.25, 0.3) is 11.4 Å². The maximum atomic E-state index is 12.3. The van der Waals surface area contributed by atoms with Crippen LogP contribution >= 0.6 is 11.6 Å². The molecule has 0 N–H and O–H groups in total. The summed E-state index contributed by atoms with van der Waals surface area (Å²) in [5, 5.41) is 4.70. The second-order valence-electron chi connectivity index (χ2n) is 5.90. The second-order valence-corrected chi connectivity index (χ2v) is 6.34. The molecule has 126 valence electrons. The summed E-state index contributed by atoms with van der Waals surface area (Å²) in [5.74, 6) is 1.02. The van der Waals surface area contributed by atoms with Crippen LogP contribution < -0.4 is 0 Å². The van der Waals surface area contributed by atoms with Crippen molar-refractivity contribution in [1.82, 2.24) is 20.0 Å². The Bertz CT molecular complexity index is 880. The van der Waals surface area contributed by atoms with Crippen molar-refractivity contribution in [3.8, 4) is 11.4 Å². The van der Waals surface area contributed by atoms with Crippen LogP contribution in [0.2, 0.25) is 5.02 Å². The van der Waals surface area contributed by atoms with E-state index in [-0.39, 0.29) is 11.9 Å². The third-order valence-electron chi connectivity index (χ3n) is 4.24. The molecule has 1 aromatic carbocycles. The summed E-state index contributed by atoms with van der Waals surface area (Å²) in [5.41, 5.74) is 1.79. The molecular formula is C18H15ClN4O2. The first-order chi connectivity index (χ1) is 12.2. The summed E-state index contributed by atoms with van der Waals surface area (Å²) < 4.78 is 5.43. The average molecular weight is 355 g/mol. The first kappa shape index (κ1) is 15.8. The summed E-state index contributed by atoms with van der Waals surface area (Å²) in [6.45, 7) is 0.491. The third kappa shape index (κ3) is 3.25. The molecule has 1 fully saturated rings. The van der Waals surface area contributed by atoms with Crippen molar-refractivity contribution in [2.45, 2.75) is 25.4 Å². The first-order valence-electron chi connectivity index (χ1n) is 7.98. The van der Waals surface area contributed by atoms with E-state index in [0.29, 0.717) is 36.1 Å². The van der Waals surface area contributed by atoms with E-state index in [1.54, 1.807) is 17.3 Å². The van der Waals surface area contributed by atoms with Gasteiger partial charge in [-0.25, -0.2) is 0 Å². The molecule has 2 aromatic heterocycles. The molecule has 0 aliphatic carbocycles. The van der Waals surface area contributed by atoms with Gasteiger partial charge in [-0.1, -0.05) is 28.9 Å². The number of hydrogen-bond donors (Lipinski definition) is 0. The highest BCUT2D eigenvalue weighted by Crippen LogP contribution is 2.34. The SMILES string of the molecule is O=C1CCC(c2nc(-c3cccnc3)no2)N1Cc1ccc(Cl)cc1. The van der Waals surface area contributed by atoms with Crippen molar-refractivity contribution in [2.75, 3.05) is 0 Å². The molecule has 3 heterocycles. The van der Waals surface area contributed by atoms with Crippen molar-refractivity contribution in [1.29, 1.82) is 0 Å². The molecule has 1 aliphatic heterocycles. The number of benzene rings is 1. The molecule has 1 saturated heterocycles. The zero-order valence-corrected chi connectivity index (χ0v) is 14.1. The van der Waals surface area contributed by atoms with Gasteiger partial charge in [-0.3, -0.25) is 9.78 Å². The van der Waals surface area contributed by atoms with Crippen molar-refractivity contribution in [2.24, 2.45) is 0 Å². The van der Waals surface area contributed by atoms with E-state index in [1.807, 2.05) is 36.4 Å². The van der Waals surface area contributed by atoms with Gasteiger partial charge in [0.1, 0.15) is 6.04 Å². The predicted octanol–water partition coefficient (Wildman–Crippen LogP) is 3.65. The monoisotopic (exact) mass is 354 g/mol. The van der Waals surface area contributed by atoms with E-state index in [1.165, 1.54) is 0 Å². The fourth-order valence-corrected chi connectivity index (χ4v) is 3.08. The minimum absolute atomic E-state index is 0.0843. The molecule has 0 spiro atoms. The topological polar surface area (TPSA) is 72.1 Å². The van der Waals surface area contributed by atoms with Gasteiger partial charge in [-0.2, -0.15) is 4.98 Å². The van der Waals surface area contributed by atoms with Gasteiger partial charge in [0.2, 0.25) is 17.6 Å². The number of likely N-dealkylation sites (tertiary alicyclic amines) is 1. The molecule has 0 radical (unpaired) electrons. The zero-order valence-electron chi connectivity index (χ0n) is 13.3. The van der Waals surface area contributed by atoms with Crippen LogP contribution in [0, 0.1) is 0 Å². The summed E-state index contributed by atoms with van der Waals surface area (Å²) in [4.78, 5) is 22.6. The van der Waals surface area contributed by atoms with Gasteiger partial charge in [0.05, 0.1) is 0 Å². The van der Waals surface area contributed by atoms with Crippen LogP contribution in [-0.2, 0) is 11.3 Å². The summed E-state index contributed by atoms with van der Waals surface area (Å²) in [6.07, 6.45) is 4.51. The molecule has 7 heteroatoms. The van der Waals surface area contributed by atoms with E-state index in [0.717, 1.165) is 11.1 Å².